The third-order valence-electron chi connectivity index (χ3n) is 3.94. The molecule has 1 amide bonds. The molecule has 0 atom stereocenters. The van der Waals surface area contributed by atoms with Crippen molar-refractivity contribution >= 4 is 11.6 Å². The minimum absolute atomic E-state index is 0.133. The van der Waals surface area contributed by atoms with E-state index in [0.29, 0.717) is 18.8 Å². The van der Waals surface area contributed by atoms with E-state index >= 15 is 0 Å². The summed E-state index contributed by atoms with van der Waals surface area (Å²) in [6.45, 7) is 5.03. The molecule has 2 aromatic rings. The molecule has 7 heteroatoms. The molecule has 1 aliphatic heterocycles. The van der Waals surface area contributed by atoms with Gasteiger partial charge in [-0.15, -0.1) is 0 Å². The Bertz CT molecular complexity index is 720. The van der Waals surface area contributed by atoms with Gasteiger partial charge >= 0.3 is 5.69 Å². The van der Waals surface area contributed by atoms with Gasteiger partial charge in [0.05, 0.1) is 0 Å². The Labute approximate surface area is 128 Å². The van der Waals surface area contributed by atoms with Crippen molar-refractivity contribution in [2.45, 2.75) is 13.3 Å². The Morgan fingerprint density at radius 3 is 2.86 bits per heavy atom. The number of anilines is 1. The molecule has 0 saturated carbocycles. The molecular formula is C15H19N5O2. The van der Waals surface area contributed by atoms with E-state index in [-0.39, 0.29) is 11.6 Å². The average molecular weight is 301 g/mol. The summed E-state index contributed by atoms with van der Waals surface area (Å²) < 4.78 is 0. The summed E-state index contributed by atoms with van der Waals surface area (Å²) in [5.41, 5.74) is 2.27. The Kier molecular flexibility index (Phi) is 3.95. The van der Waals surface area contributed by atoms with Crippen LogP contribution in [0.4, 0.5) is 5.69 Å². The zero-order valence-corrected chi connectivity index (χ0v) is 12.5. The van der Waals surface area contributed by atoms with E-state index in [1.165, 1.54) is 11.9 Å². The lowest BCUT2D eigenvalue weighted by atomic mass is 10.2. The highest BCUT2D eigenvalue weighted by Crippen LogP contribution is 2.20. The summed E-state index contributed by atoms with van der Waals surface area (Å²) in [4.78, 5) is 36.7. The number of imidazole rings is 1. The van der Waals surface area contributed by atoms with Crippen LogP contribution < -0.4 is 10.6 Å². The first-order valence-corrected chi connectivity index (χ1v) is 7.37. The second-order valence-corrected chi connectivity index (χ2v) is 5.45. The number of nitrogens with one attached hydrogen (secondary N) is 2. The highest BCUT2D eigenvalue weighted by molar-refractivity contribution is 5.92. The number of aromatic amines is 2. The van der Waals surface area contributed by atoms with Crippen LogP contribution in [-0.4, -0.2) is 51.9 Å². The van der Waals surface area contributed by atoms with Gasteiger partial charge in [0.1, 0.15) is 5.69 Å². The summed E-state index contributed by atoms with van der Waals surface area (Å²) in [5.74, 6) is -0.133. The number of nitrogens with zero attached hydrogens (tertiary/aromatic N) is 3. The van der Waals surface area contributed by atoms with Crippen LogP contribution in [0.25, 0.3) is 0 Å². The minimum Gasteiger partial charge on any atom is -0.369 e. The molecule has 0 aliphatic carbocycles. The van der Waals surface area contributed by atoms with E-state index in [1.54, 1.807) is 11.1 Å². The predicted molar refractivity (Wildman–Crippen MR) is 83.1 cm³/mol. The Hall–Kier alpha value is -2.57. The first-order valence-electron chi connectivity index (χ1n) is 7.37. The van der Waals surface area contributed by atoms with Gasteiger partial charge in [-0.05, 0) is 25.0 Å². The Morgan fingerprint density at radius 1 is 1.27 bits per heavy atom. The SMILES string of the molecule is Cc1cnccc1N1CCCN(C(=O)c2c[nH]c(=O)[nH]2)CC1. The van der Waals surface area contributed by atoms with Crippen molar-refractivity contribution in [3.63, 3.8) is 0 Å². The normalized spacial score (nSPS) is 15.7. The molecule has 1 fully saturated rings. The fraction of sp³-hybridized carbons (Fsp3) is 0.400. The number of aryl methyl sites for hydroxylation is 1. The maximum atomic E-state index is 12.4. The molecule has 0 bridgehead atoms. The number of pyridine rings is 1. The Morgan fingerprint density at radius 2 is 2.14 bits per heavy atom. The first-order chi connectivity index (χ1) is 10.6. The molecule has 22 heavy (non-hydrogen) atoms. The molecule has 0 unspecified atom stereocenters. The van der Waals surface area contributed by atoms with Gasteiger partial charge in [0.25, 0.3) is 5.91 Å². The molecule has 2 N–H and O–H groups in total. The molecule has 1 saturated heterocycles. The van der Waals surface area contributed by atoms with Crippen molar-refractivity contribution in [1.82, 2.24) is 19.9 Å². The predicted octanol–water partition coefficient (Wildman–Crippen LogP) is 0.759. The van der Waals surface area contributed by atoms with Gasteiger partial charge in [-0.25, -0.2) is 4.79 Å². The molecule has 2 aromatic heterocycles. The first kappa shape index (κ1) is 14.4. The lowest BCUT2D eigenvalue weighted by Crippen LogP contribution is -2.35. The monoisotopic (exact) mass is 301 g/mol. The quantitative estimate of drug-likeness (QED) is 0.857. The van der Waals surface area contributed by atoms with Crippen molar-refractivity contribution in [3.05, 3.63) is 46.4 Å². The standard InChI is InChI=1S/C15H19N5O2/c1-11-9-16-4-3-13(11)19-5-2-6-20(8-7-19)14(21)12-10-17-15(22)18-12/h3-4,9-10H,2,5-8H2,1H3,(H2,17,18,22). The molecule has 0 spiro atoms. The molecular weight excluding hydrogens is 282 g/mol. The fourth-order valence-corrected chi connectivity index (χ4v) is 2.80. The molecule has 7 nitrogen and oxygen atoms in total. The number of H-pyrrole nitrogens is 2. The second kappa shape index (κ2) is 6.05. The zero-order valence-electron chi connectivity index (χ0n) is 12.5. The van der Waals surface area contributed by atoms with Crippen LogP contribution >= 0.6 is 0 Å². The van der Waals surface area contributed by atoms with E-state index in [2.05, 4.69) is 19.9 Å². The maximum Gasteiger partial charge on any atom is 0.323 e. The van der Waals surface area contributed by atoms with Gasteiger partial charge in [0.15, 0.2) is 0 Å². The van der Waals surface area contributed by atoms with Gasteiger partial charge in [-0.1, -0.05) is 0 Å². The summed E-state index contributed by atoms with van der Waals surface area (Å²) in [5, 5.41) is 0. The molecule has 116 valence electrons. The smallest absolute Gasteiger partial charge is 0.323 e. The largest absolute Gasteiger partial charge is 0.369 e. The van der Waals surface area contributed by atoms with Crippen LogP contribution in [0, 0.1) is 6.92 Å². The lowest BCUT2D eigenvalue weighted by Gasteiger charge is -2.24. The van der Waals surface area contributed by atoms with Crippen LogP contribution in [-0.2, 0) is 0 Å². The van der Waals surface area contributed by atoms with Crippen LogP contribution in [0.5, 0.6) is 0 Å². The van der Waals surface area contributed by atoms with Crippen LogP contribution in [0.2, 0.25) is 0 Å². The van der Waals surface area contributed by atoms with E-state index in [9.17, 15) is 9.59 Å². The van der Waals surface area contributed by atoms with E-state index in [0.717, 1.165) is 25.1 Å². The third-order valence-corrected chi connectivity index (χ3v) is 3.94. The van der Waals surface area contributed by atoms with Gasteiger partial charge in [0, 0.05) is 50.5 Å². The topological polar surface area (TPSA) is 85.1 Å². The van der Waals surface area contributed by atoms with E-state index in [1.807, 2.05) is 19.2 Å². The van der Waals surface area contributed by atoms with Crippen LogP contribution in [0.1, 0.15) is 22.5 Å². The number of hydrogen-bond acceptors (Lipinski definition) is 4. The fourth-order valence-electron chi connectivity index (χ4n) is 2.80. The average Bonchev–Trinajstić information content (AvgIpc) is 2.81. The van der Waals surface area contributed by atoms with Crippen LogP contribution in [0.15, 0.2) is 29.5 Å². The Balaban J connectivity index is 1.71. The maximum absolute atomic E-state index is 12.4. The molecule has 3 rings (SSSR count). The van der Waals surface area contributed by atoms with Gasteiger partial charge in [-0.3, -0.25) is 9.78 Å². The summed E-state index contributed by atoms with van der Waals surface area (Å²) in [6.07, 6.45) is 5.97. The molecule has 0 radical (unpaired) electrons. The van der Waals surface area contributed by atoms with Crippen molar-refractivity contribution in [3.8, 4) is 0 Å². The third kappa shape index (κ3) is 2.88. The second-order valence-electron chi connectivity index (χ2n) is 5.45. The molecule has 1 aliphatic rings. The van der Waals surface area contributed by atoms with Crippen molar-refractivity contribution in [2.75, 3.05) is 31.1 Å². The number of aromatic nitrogens is 3. The summed E-state index contributed by atoms with van der Waals surface area (Å²) in [7, 11) is 0. The van der Waals surface area contributed by atoms with E-state index in [4.69, 9.17) is 0 Å². The number of carbonyl (C=O) groups is 1. The molecule has 0 aromatic carbocycles. The molecule has 3 heterocycles. The van der Waals surface area contributed by atoms with Crippen LogP contribution in [0.3, 0.4) is 0 Å². The summed E-state index contributed by atoms with van der Waals surface area (Å²) in [6, 6.07) is 2.01. The number of hydrogen-bond donors (Lipinski definition) is 2. The minimum atomic E-state index is -0.354. The zero-order chi connectivity index (χ0) is 15.5. The highest BCUT2D eigenvalue weighted by Gasteiger charge is 2.22. The highest BCUT2D eigenvalue weighted by atomic mass is 16.2. The number of amides is 1. The van der Waals surface area contributed by atoms with E-state index < -0.39 is 0 Å². The lowest BCUT2D eigenvalue weighted by molar-refractivity contribution is 0.0761. The van der Waals surface area contributed by atoms with Gasteiger partial charge in [-0.2, -0.15) is 0 Å². The van der Waals surface area contributed by atoms with Crippen molar-refractivity contribution in [2.24, 2.45) is 0 Å². The van der Waals surface area contributed by atoms with Gasteiger partial charge < -0.3 is 19.8 Å². The van der Waals surface area contributed by atoms with Crippen molar-refractivity contribution < 1.29 is 4.79 Å². The van der Waals surface area contributed by atoms with Gasteiger partial charge in [0.2, 0.25) is 0 Å². The summed E-state index contributed by atoms with van der Waals surface area (Å²) >= 11 is 0. The number of carbonyl (C=O) groups excluding carboxylic acids is 1. The van der Waals surface area contributed by atoms with Crippen molar-refractivity contribution in [1.29, 1.82) is 0 Å². The number of rotatable bonds is 2.